The Labute approximate surface area is 166 Å². The fourth-order valence-electron chi connectivity index (χ4n) is 2.47. The van der Waals surface area contributed by atoms with Crippen LogP contribution in [0.4, 0.5) is 18.9 Å². The van der Waals surface area contributed by atoms with Gasteiger partial charge in [0.15, 0.2) is 0 Å². The van der Waals surface area contributed by atoms with E-state index in [1.54, 1.807) is 35.7 Å². The summed E-state index contributed by atoms with van der Waals surface area (Å²) in [6.45, 7) is 0. The molecule has 0 saturated carbocycles. The highest BCUT2D eigenvalue weighted by molar-refractivity contribution is 9.10. The van der Waals surface area contributed by atoms with Crippen LogP contribution in [0.15, 0.2) is 51.8 Å². The Morgan fingerprint density at radius 3 is 2.42 bits per heavy atom. The zero-order valence-electron chi connectivity index (χ0n) is 13.1. The number of sulfonamides is 1. The van der Waals surface area contributed by atoms with Gasteiger partial charge in [-0.1, -0.05) is 28.1 Å². The van der Waals surface area contributed by atoms with Gasteiger partial charge in [-0.3, -0.25) is 4.72 Å². The number of rotatable bonds is 4. The first-order valence-corrected chi connectivity index (χ1v) is 11.8. The van der Waals surface area contributed by atoms with Crippen LogP contribution in [0.1, 0.15) is 15.7 Å². The van der Waals surface area contributed by atoms with E-state index in [0.717, 1.165) is 29.2 Å². The van der Waals surface area contributed by atoms with Gasteiger partial charge in [-0.2, -0.15) is 13.2 Å². The molecule has 0 amide bonds. The molecule has 1 saturated heterocycles. The molecule has 1 N–H and O–H groups in total. The summed E-state index contributed by atoms with van der Waals surface area (Å²) >= 11 is 6.47. The van der Waals surface area contributed by atoms with Crippen LogP contribution in [-0.4, -0.2) is 19.9 Å². The van der Waals surface area contributed by atoms with E-state index < -0.39 is 26.7 Å². The predicted molar refractivity (Wildman–Crippen MR) is 104 cm³/mol. The van der Waals surface area contributed by atoms with Gasteiger partial charge in [-0.05, 0) is 35.9 Å². The Balaban J connectivity index is 1.94. The number of benzene rings is 2. The SMILES string of the molecule is O=S(=O)(Nc1cccc(C2SCCS2)c1)c1ccc(Br)cc1C(F)(F)F. The number of hydrogen-bond acceptors (Lipinski definition) is 4. The Hall–Kier alpha value is -0.840. The van der Waals surface area contributed by atoms with Crippen LogP contribution >= 0.6 is 39.5 Å². The second-order valence-corrected chi connectivity index (χ2v) is 10.7. The third-order valence-corrected chi connectivity index (χ3v) is 8.61. The zero-order chi connectivity index (χ0) is 18.9. The molecule has 0 aliphatic carbocycles. The second kappa shape index (κ2) is 7.65. The number of hydrogen-bond donors (Lipinski definition) is 1. The molecule has 2 aromatic carbocycles. The van der Waals surface area contributed by atoms with Crippen LogP contribution < -0.4 is 4.72 Å². The molecule has 1 fully saturated rings. The second-order valence-electron chi connectivity index (χ2n) is 5.44. The largest absolute Gasteiger partial charge is 0.417 e. The quantitative estimate of drug-likeness (QED) is 0.601. The standard InChI is InChI=1S/C16H13BrF3NO2S3/c17-11-4-5-14(13(9-11)16(18,19)20)26(22,23)21-12-3-1-2-10(8-12)15-24-6-7-25-15/h1-5,8-9,15,21H,6-7H2. The number of alkyl halides is 3. The first kappa shape index (κ1) is 19.9. The third-order valence-electron chi connectivity index (χ3n) is 3.57. The Kier molecular flexibility index (Phi) is 5.86. The summed E-state index contributed by atoms with van der Waals surface area (Å²) in [6, 6.07) is 9.75. The van der Waals surface area contributed by atoms with E-state index in [1.165, 1.54) is 12.1 Å². The minimum absolute atomic E-state index is 0.154. The van der Waals surface area contributed by atoms with E-state index in [2.05, 4.69) is 20.7 Å². The Morgan fingerprint density at radius 1 is 1.08 bits per heavy atom. The number of halogens is 4. The van der Waals surface area contributed by atoms with Crippen LogP contribution in [0, 0.1) is 0 Å². The highest BCUT2D eigenvalue weighted by atomic mass is 79.9. The predicted octanol–water partition coefficient (Wildman–Crippen LogP) is 5.75. The summed E-state index contributed by atoms with van der Waals surface area (Å²) in [5.74, 6) is 2.03. The van der Waals surface area contributed by atoms with Gasteiger partial charge in [0, 0.05) is 21.7 Å². The fraction of sp³-hybridized carbons (Fsp3) is 0.250. The summed E-state index contributed by atoms with van der Waals surface area (Å²) in [7, 11) is -4.39. The maximum Gasteiger partial charge on any atom is 0.417 e. The van der Waals surface area contributed by atoms with Gasteiger partial charge in [-0.15, -0.1) is 23.5 Å². The molecule has 0 atom stereocenters. The van der Waals surface area contributed by atoms with E-state index in [1.807, 2.05) is 6.07 Å². The lowest BCUT2D eigenvalue weighted by atomic mass is 10.2. The van der Waals surface area contributed by atoms with Gasteiger partial charge in [-0.25, -0.2) is 8.42 Å². The lowest BCUT2D eigenvalue weighted by molar-refractivity contribution is -0.139. The van der Waals surface area contributed by atoms with Gasteiger partial charge in [0.25, 0.3) is 10.0 Å². The van der Waals surface area contributed by atoms with E-state index >= 15 is 0 Å². The molecule has 1 heterocycles. The van der Waals surface area contributed by atoms with Crippen molar-refractivity contribution in [2.24, 2.45) is 0 Å². The number of thioether (sulfide) groups is 2. The van der Waals surface area contributed by atoms with Gasteiger partial charge in [0.2, 0.25) is 0 Å². The van der Waals surface area contributed by atoms with Crippen molar-refractivity contribution in [1.82, 2.24) is 0 Å². The van der Waals surface area contributed by atoms with Gasteiger partial charge in [0.1, 0.15) is 0 Å². The van der Waals surface area contributed by atoms with Crippen LogP contribution in [-0.2, 0) is 16.2 Å². The van der Waals surface area contributed by atoms with E-state index in [4.69, 9.17) is 0 Å². The monoisotopic (exact) mass is 483 g/mol. The lowest BCUT2D eigenvalue weighted by Gasteiger charge is -2.16. The lowest BCUT2D eigenvalue weighted by Crippen LogP contribution is -2.19. The minimum atomic E-state index is -4.78. The summed E-state index contributed by atoms with van der Waals surface area (Å²) in [4.78, 5) is -0.803. The highest BCUT2D eigenvalue weighted by Gasteiger charge is 2.37. The van der Waals surface area contributed by atoms with Crippen molar-refractivity contribution in [2.75, 3.05) is 16.2 Å². The van der Waals surface area contributed by atoms with E-state index in [9.17, 15) is 21.6 Å². The minimum Gasteiger partial charge on any atom is -0.280 e. The van der Waals surface area contributed by atoms with Crippen molar-refractivity contribution in [2.45, 2.75) is 15.7 Å². The molecule has 140 valence electrons. The molecular weight excluding hydrogens is 471 g/mol. The van der Waals surface area contributed by atoms with Crippen molar-refractivity contribution in [1.29, 1.82) is 0 Å². The molecule has 1 aliphatic heterocycles. The zero-order valence-corrected chi connectivity index (χ0v) is 17.1. The van der Waals surface area contributed by atoms with Crippen molar-refractivity contribution in [3.8, 4) is 0 Å². The number of nitrogens with one attached hydrogen (secondary N) is 1. The summed E-state index contributed by atoms with van der Waals surface area (Å²) < 4.78 is 67.5. The van der Waals surface area contributed by atoms with Gasteiger partial charge in [0.05, 0.1) is 15.0 Å². The van der Waals surface area contributed by atoms with Crippen molar-refractivity contribution in [3.63, 3.8) is 0 Å². The third kappa shape index (κ3) is 4.52. The molecule has 1 aliphatic rings. The maximum atomic E-state index is 13.2. The van der Waals surface area contributed by atoms with E-state index in [-0.39, 0.29) is 14.7 Å². The summed E-state index contributed by atoms with van der Waals surface area (Å²) in [5, 5.41) is 0. The molecule has 2 aromatic rings. The molecule has 0 spiro atoms. The van der Waals surface area contributed by atoms with E-state index in [0.29, 0.717) is 0 Å². The normalized spacial score (nSPS) is 16.0. The molecule has 0 unspecified atom stereocenters. The molecular formula is C16H13BrF3NO2S3. The Morgan fingerprint density at radius 2 is 1.77 bits per heavy atom. The summed E-state index contributed by atoms with van der Waals surface area (Å²) in [5.41, 5.74) is -0.0337. The summed E-state index contributed by atoms with van der Waals surface area (Å²) in [6.07, 6.45) is -4.78. The highest BCUT2D eigenvalue weighted by Crippen LogP contribution is 2.45. The maximum absolute atomic E-state index is 13.2. The van der Waals surface area contributed by atoms with Gasteiger partial charge < -0.3 is 0 Å². The molecule has 0 radical (unpaired) electrons. The smallest absolute Gasteiger partial charge is 0.280 e. The fourth-order valence-corrected chi connectivity index (χ4v) is 6.93. The average molecular weight is 484 g/mol. The molecule has 3 nitrogen and oxygen atoms in total. The molecule has 3 rings (SSSR count). The topological polar surface area (TPSA) is 46.2 Å². The van der Waals surface area contributed by atoms with Crippen molar-refractivity contribution >= 4 is 55.2 Å². The molecule has 0 aromatic heterocycles. The van der Waals surface area contributed by atoms with Crippen molar-refractivity contribution in [3.05, 3.63) is 58.1 Å². The van der Waals surface area contributed by atoms with Crippen LogP contribution in [0.2, 0.25) is 0 Å². The van der Waals surface area contributed by atoms with Crippen LogP contribution in [0.3, 0.4) is 0 Å². The molecule has 10 heteroatoms. The van der Waals surface area contributed by atoms with Gasteiger partial charge >= 0.3 is 6.18 Å². The Bertz CT molecular complexity index is 913. The van der Waals surface area contributed by atoms with Crippen LogP contribution in [0.25, 0.3) is 0 Å². The molecule has 26 heavy (non-hydrogen) atoms. The van der Waals surface area contributed by atoms with Crippen molar-refractivity contribution < 1.29 is 21.6 Å². The first-order chi connectivity index (χ1) is 12.2. The van der Waals surface area contributed by atoms with Crippen LogP contribution in [0.5, 0.6) is 0 Å². The molecule has 0 bridgehead atoms. The number of anilines is 1. The first-order valence-electron chi connectivity index (χ1n) is 7.39. The average Bonchev–Trinajstić information content (AvgIpc) is 3.08.